The van der Waals surface area contributed by atoms with Crippen molar-refractivity contribution in [2.45, 2.75) is 25.0 Å². The number of halogens is 3. The molecule has 2 atom stereocenters. The SMILES string of the molecule is CN1SNC(C(=O)NCc2cccc(Cl)c2)CC1C(=O)Nc1ccc(F)c(Cl)c1. The molecule has 154 valence electrons. The number of carbonyl (C=O) groups is 2. The fourth-order valence-electron chi connectivity index (χ4n) is 2.82. The number of rotatable bonds is 5. The molecule has 0 aromatic heterocycles. The van der Waals surface area contributed by atoms with Crippen LogP contribution >= 0.6 is 35.3 Å². The predicted molar refractivity (Wildman–Crippen MR) is 114 cm³/mol. The van der Waals surface area contributed by atoms with E-state index in [0.717, 1.165) is 5.56 Å². The van der Waals surface area contributed by atoms with Crippen molar-refractivity contribution in [3.8, 4) is 0 Å². The van der Waals surface area contributed by atoms with E-state index in [1.54, 1.807) is 23.5 Å². The van der Waals surface area contributed by atoms with Gasteiger partial charge in [-0.1, -0.05) is 35.3 Å². The first-order chi connectivity index (χ1) is 13.8. The summed E-state index contributed by atoms with van der Waals surface area (Å²) >= 11 is 12.9. The lowest BCUT2D eigenvalue weighted by Crippen LogP contribution is -2.53. The molecule has 1 saturated heterocycles. The highest BCUT2D eigenvalue weighted by atomic mass is 35.5. The summed E-state index contributed by atoms with van der Waals surface area (Å²) in [4.78, 5) is 25.2. The molecule has 0 radical (unpaired) electrons. The predicted octanol–water partition coefficient (Wildman–Crippen LogP) is 3.61. The first-order valence-electron chi connectivity index (χ1n) is 8.77. The van der Waals surface area contributed by atoms with E-state index in [1.807, 2.05) is 12.1 Å². The Balaban J connectivity index is 1.59. The third-order valence-electron chi connectivity index (χ3n) is 4.40. The molecule has 3 rings (SSSR count). The van der Waals surface area contributed by atoms with Crippen LogP contribution in [0.2, 0.25) is 10.0 Å². The van der Waals surface area contributed by atoms with Gasteiger partial charge >= 0.3 is 0 Å². The first kappa shape index (κ1) is 21.9. The highest BCUT2D eigenvalue weighted by Crippen LogP contribution is 2.24. The lowest BCUT2D eigenvalue weighted by Gasteiger charge is -2.34. The monoisotopic (exact) mass is 456 g/mol. The fraction of sp³-hybridized carbons (Fsp3) is 0.263. The van der Waals surface area contributed by atoms with Gasteiger partial charge in [0.1, 0.15) is 11.9 Å². The minimum atomic E-state index is -0.563. The van der Waals surface area contributed by atoms with Crippen LogP contribution < -0.4 is 15.4 Å². The first-order valence-corrected chi connectivity index (χ1v) is 10.3. The Kier molecular flexibility index (Phi) is 7.37. The Morgan fingerprint density at radius 2 is 2.03 bits per heavy atom. The maximum absolute atomic E-state index is 13.3. The molecule has 2 aromatic rings. The van der Waals surface area contributed by atoms with Gasteiger partial charge < -0.3 is 10.6 Å². The van der Waals surface area contributed by atoms with E-state index in [2.05, 4.69) is 15.4 Å². The molecule has 0 saturated carbocycles. The molecule has 3 N–H and O–H groups in total. The normalized spacial score (nSPS) is 19.6. The zero-order valence-corrected chi connectivity index (χ0v) is 17.7. The van der Waals surface area contributed by atoms with Crippen LogP contribution in [0.3, 0.4) is 0 Å². The van der Waals surface area contributed by atoms with Crippen molar-refractivity contribution in [3.05, 3.63) is 63.9 Å². The minimum absolute atomic E-state index is 0.0749. The van der Waals surface area contributed by atoms with Crippen molar-refractivity contribution >= 4 is 52.8 Å². The third kappa shape index (κ3) is 5.83. The standard InChI is InChI=1S/C19H19Cl2FN4O2S/c1-26-17(19(28)24-13-5-6-15(22)14(21)8-13)9-16(25-29-26)18(27)23-10-11-3-2-4-12(20)7-11/h2-8,16-17,25H,9-10H2,1H3,(H,23,27)(H,24,28). The maximum atomic E-state index is 13.3. The Hall–Kier alpha value is -1.84. The highest BCUT2D eigenvalue weighted by Gasteiger charge is 2.35. The van der Waals surface area contributed by atoms with Gasteiger partial charge in [-0.05, 0) is 49.4 Å². The zero-order chi connectivity index (χ0) is 21.0. The molecule has 29 heavy (non-hydrogen) atoms. The summed E-state index contributed by atoms with van der Waals surface area (Å²) in [7, 11) is 1.75. The van der Waals surface area contributed by atoms with Gasteiger partial charge in [0.05, 0.1) is 11.1 Å². The van der Waals surface area contributed by atoms with Crippen LogP contribution in [0.25, 0.3) is 0 Å². The number of amides is 2. The molecule has 2 unspecified atom stereocenters. The summed E-state index contributed by atoms with van der Waals surface area (Å²) in [5.74, 6) is -1.08. The second-order valence-electron chi connectivity index (χ2n) is 6.53. The quantitative estimate of drug-likeness (QED) is 0.599. The number of hydrogen-bond donors (Lipinski definition) is 3. The van der Waals surface area contributed by atoms with Gasteiger partial charge in [0.15, 0.2) is 0 Å². The number of nitrogens with one attached hydrogen (secondary N) is 3. The average Bonchev–Trinajstić information content (AvgIpc) is 2.69. The van der Waals surface area contributed by atoms with Gasteiger partial charge in [0, 0.05) is 29.4 Å². The van der Waals surface area contributed by atoms with Crippen LogP contribution in [-0.2, 0) is 16.1 Å². The maximum Gasteiger partial charge on any atom is 0.242 e. The van der Waals surface area contributed by atoms with Gasteiger partial charge in [-0.2, -0.15) is 0 Å². The summed E-state index contributed by atoms with van der Waals surface area (Å²) in [6, 6.07) is 10.1. The third-order valence-corrected chi connectivity index (χ3v) is 5.86. The van der Waals surface area contributed by atoms with E-state index in [-0.39, 0.29) is 23.3 Å². The highest BCUT2D eigenvalue weighted by molar-refractivity contribution is 7.95. The van der Waals surface area contributed by atoms with Crippen LogP contribution in [0, 0.1) is 5.82 Å². The molecule has 0 bridgehead atoms. The van der Waals surface area contributed by atoms with Gasteiger partial charge in [-0.25, -0.2) is 13.4 Å². The van der Waals surface area contributed by atoms with Crippen LogP contribution in [0.5, 0.6) is 0 Å². The van der Waals surface area contributed by atoms with E-state index in [1.165, 1.54) is 30.3 Å². The summed E-state index contributed by atoms with van der Waals surface area (Å²) in [5.41, 5.74) is 1.27. The lowest BCUT2D eigenvalue weighted by molar-refractivity contribution is -0.124. The summed E-state index contributed by atoms with van der Waals surface area (Å²) < 4.78 is 18.1. The van der Waals surface area contributed by atoms with E-state index < -0.39 is 17.9 Å². The Labute approximate surface area is 182 Å². The number of hydrogen-bond acceptors (Lipinski definition) is 5. The van der Waals surface area contributed by atoms with E-state index >= 15 is 0 Å². The molecule has 1 fully saturated rings. The van der Waals surface area contributed by atoms with Gasteiger partial charge in [0.25, 0.3) is 0 Å². The van der Waals surface area contributed by atoms with Crippen LogP contribution in [0.1, 0.15) is 12.0 Å². The van der Waals surface area contributed by atoms with Crippen molar-refractivity contribution in [2.24, 2.45) is 0 Å². The number of anilines is 1. The Bertz CT molecular complexity index is 918. The van der Waals surface area contributed by atoms with Gasteiger partial charge in [-0.15, -0.1) is 0 Å². The fourth-order valence-corrected chi connectivity index (χ4v) is 4.02. The largest absolute Gasteiger partial charge is 0.351 e. The molecule has 2 amide bonds. The van der Waals surface area contributed by atoms with Crippen LogP contribution in [-0.4, -0.2) is 35.3 Å². The molecule has 0 spiro atoms. The second kappa shape index (κ2) is 9.77. The summed E-state index contributed by atoms with van der Waals surface area (Å²) in [6.45, 7) is 0.336. The van der Waals surface area contributed by atoms with Crippen molar-refractivity contribution in [1.82, 2.24) is 14.3 Å². The molecule has 10 heteroatoms. The molecular formula is C19H19Cl2FN4O2S. The van der Waals surface area contributed by atoms with Crippen molar-refractivity contribution in [2.75, 3.05) is 12.4 Å². The van der Waals surface area contributed by atoms with Gasteiger partial charge in [-0.3, -0.25) is 9.59 Å². The molecule has 0 aliphatic carbocycles. The summed E-state index contributed by atoms with van der Waals surface area (Å²) in [5, 5.41) is 6.09. The lowest BCUT2D eigenvalue weighted by atomic mass is 10.1. The Morgan fingerprint density at radius 1 is 1.24 bits per heavy atom. The topological polar surface area (TPSA) is 73.5 Å². The number of nitrogens with zero attached hydrogens (tertiary/aromatic N) is 1. The summed E-state index contributed by atoms with van der Waals surface area (Å²) in [6.07, 6.45) is 0.269. The second-order valence-corrected chi connectivity index (χ2v) is 8.36. The molecule has 1 aliphatic rings. The molecule has 1 aliphatic heterocycles. The minimum Gasteiger partial charge on any atom is -0.351 e. The number of likely N-dealkylation sites (N-methyl/N-ethyl adjacent to an activating group) is 1. The number of carbonyl (C=O) groups excluding carboxylic acids is 2. The van der Waals surface area contributed by atoms with Crippen molar-refractivity contribution in [1.29, 1.82) is 0 Å². The number of benzene rings is 2. The van der Waals surface area contributed by atoms with Gasteiger partial charge in [0.2, 0.25) is 11.8 Å². The van der Waals surface area contributed by atoms with Crippen molar-refractivity contribution in [3.63, 3.8) is 0 Å². The molecule has 6 nitrogen and oxygen atoms in total. The smallest absolute Gasteiger partial charge is 0.242 e. The van der Waals surface area contributed by atoms with E-state index in [9.17, 15) is 14.0 Å². The van der Waals surface area contributed by atoms with Crippen molar-refractivity contribution < 1.29 is 14.0 Å². The van der Waals surface area contributed by atoms with Crippen LogP contribution in [0.15, 0.2) is 42.5 Å². The molecule has 1 heterocycles. The average molecular weight is 457 g/mol. The van der Waals surface area contributed by atoms with Crippen LogP contribution in [0.4, 0.5) is 10.1 Å². The van der Waals surface area contributed by atoms with E-state index in [4.69, 9.17) is 23.2 Å². The Morgan fingerprint density at radius 3 is 2.76 bits per heavy atom. The van der Waals surface area contributed by atoms with E-state index in [0.29, 0.717) is 17.3 Å². The molecule has 2 aromatic carbocycles. The zero-order valence-electron chi connectivity index (χ0n) is 15.4. The molecular weight excluding hydrogens is 438 g/mol.